The first-order valence-corrected chi connectivity index (χ1v) is 5.98. The second kappa shape index (κ2) is 6.33. The van der Waals surface area contributed by atoms with Crippen LogP contribution in [0.4, 0.5) is 0 Å². The van der Waals surface area contributed by atoms with E-state index in [9.17, 15) is 14.4 Å². The molecule has 5 heteroatoms. The monoisotopic (exact) mass is 254 g/mol. The van der Waals surface area contributed by atoms with Gasteiger partial charge in [-0.3, -0.25) is 14.4 Å². The van der Waals surface area contributed by atoms with Crippen molar-refractivity contribution in [2.45, 2.75) is 32.6 Å². The van der Waals surface area contributed by atoms with Crippen molar-refractivity contribution in [3.05, 3.63) is 12.7 Å². The molecule has 0 radical (unpaired) electrons. The second-order valence-corrected chi connectivity index (χ2v) is 4.38. The number of Topliss-reactive ketones (excluding diaryl/α,β-unsaturated/α-hetero) is 1. The van der Waals surface area contributed by atoms with Gasteiger partial charge in [0, 0.05) is 13.3 Å². The topological polar surface area (TPSA) is 69.7 Å². The quantitative estimate of drug-likeness (QED) is 0.421. The van der Waals surface area contributed by atoms with Gasteiger partial charge in [-0.15, -0.1) is 0 Å². The molecule has 0 amide bonds. The summed E-state index contributed by atoms with van der Waals surface area (Å²) in [7, 11) is 0. The van der Waals surface area contributed by atoms with Gasteiger partial charge in [0.15, 0.2) is 11.2 Å². The molecule has 1 atom stereocenters. The molecule has 1 aliphatic rings. The third kappa shape index (κ3) is 3.18. The zero-order valence-electron chi connectivity index (χ0n) is 10.6. The lowest BCUT2D eigenvalue weighted by atomic mass is 9.73. The van der Waals surface area contributed by atoms with Gasteiger partial charge in [0.05, 0.1) is 0 Å². The Morgan fingerprint density at radius 2 is 2.11 bits per heavy atom. The Balaban J connectivity index is 2.84. The standard InChI is InChI=1S/C13H18O5/c1-3-8-17-12(16)13(9-18-10(2)14)7-5-4-6-11(13)15/h3H,1,4-9H2,2H3. The summed E-state index contributed by atoms with van der Waals surface area (Å²) in [4.78, 5) is 34.9. The van der Waals surface area contributed by atoms with Gasteiger partial charge in [0.1, 0.15) is 13.2 Å². The lowest BCUT2D eigenvalue weighted by molar-refractivity contribution is -0.168. The number of ketones is 1. The average Bonchev–Trinajstić information content (AvgIpc) is 2.35. The van der Waals surface area contributed by atoms with Gasteiger partial charge in [-0.25, -0.2) is 0 Å². The van der Waals surface area contributed by atoms with E-state index < -0.39 is 17.4 Å². The Morgan fingerprint density at radius 1 is 1.39 bits per heavy atom. The molecule has 1 rings (SSSR count). The SMILES string of the molecule is C=CCOC(=O)C1(COC(C)=O)CCCCC1=O. The number of carbonyl (C=O) groups is 3. The molecule has 0 aliphatic heterocycles. The van der Waals surface area contributed by atoms with Gasteiger partial charge in [0.2, 0.25) is 0 Å². The van der Waals surface area contributed by atoms with Gasteiger partial charge in [-0.1, -0.05) is 19.1 Å². The van der Waals surface area contributed by atoms with E-state index in [-0.39, 0.29) is 19.0 Å². The van der Waals surface area contributed by atoms with E-state index in [1.165, 1.54) is 13.0 Å². The molecule has 100 valence electrons. The molecular formula is C13H18O5. The lowest BCUT2D eigenvalue weighted by Gasteiger charge is -2.32. The summed E-state index contributed by atoms with van der Waals surface area (Å²) in [5.74, 6) is -1.33. The number of hydrogen-bond acceptors (Lipinski definition) is 5. The second-order valence-electron chi connectivity index (χ2n) is 4.38. The Labute approximate surface area is 106 Å². The van der Waals surface area contributed by atoms with Crippen LogP contribution in [0.2, 0.25) is 0 Å². The molecule has 1 fully saturated rings. The maximum absolute atomic E-state index is 12.0. The minimum atomic E-state index is -1.31. The summed E-state index contributed by atoms with van der Waals surface area (Å²) in [6.45, 7) is 4.52. The van der Waals surface area contributed by atoms with Crippen molar-refractivity contribution in [1.29, 1.82) is 0 Å². The molecule has 1 saturated carbocycles. The predicted molar refractivity (Wildman–Crippen MR) is 63.7 cm³/mol. The predicted octanol–water partition coefficient (Wildman–Crippen LogP) is 1.41. The van der Waals surface area contributed by atoms with Gasteiger partial charge in [-0.2, -0.15) is 0 Å². The molecule has 0 heterocycles. The van der Waals surface area contributed by atoms with Gasteiger partial charge < -0.3 is 9.47 Å². The lowest BCUT2D eigenvalue weighted by Crippen LogP contribution is -2.46. The third-order valence-electron chi connectivity index (χ3n) is 3.04. The van der Waals surface area contributed by atoms with Crippen LogP contribution in [0, 0.1) is 5.41 Å². The highest BCUT2D eigenvalue weighted by atomic mass is 16.6. The van der Waals surface area contributed by atoms with Crippen molar-refractivity contribution >= 4 is 17.7 Å². The average molecular weight is 254 g/mol. The number of hydrogen-bond donors (Lipinski definition) is 0. The Hall–Kier alpha value is -1.65. The van der Waals surface area contributed by atoms with Crippen molar-refractivity contribution in [2.24, 2.45) is 5.41 Å². The molecule has 0 aromatic heterocycles. The van der Waals surface area contributed by atoms with Crippen LogP contribution in [0.15, 0.2) is 12.7 Å². The Bertz CT molecular complexity index is 360. The summed E-state index contributed by atoms with van der Waals surface area (Å²) in [5, 5.41) is 0. The molecule has 0 aromatic carbocycles. The molecule has 1 unspecified atom stereocenters. The molecular weight excluding hydrogens is 236 g/mol. The van der Waals surface area contributed by atoms with Crippen molar-refractivity contribution in [1.82, 2.24) is 0 Å². The Morgan fingerprint density at radius 3 is 2.67 bits per heavy atom. The van der Waals surface area contributed by atoms with E-state index in [1.54, 1.807) is 0 Å². The zero-order valence-corrected chi connectivity index (χ0v) is 10.6. The normalized spacial score (nSPS) is 23.3. The summed E-state index contributed by atoms with van der Waals surface area (Å²) in [6.07, 6.45) is 3.63. The molecule has 5 nitrogen and oxygen atoms in total. The summed E-state index contributed by atoms with van der Waals surface area (Å²) in [5.41, 5.74) is -1.31. The van der Waals surface area contributed by atoms with Crippen LogP contribution in [0.1, 0.15) is 32.6 Å². The molecule has 0 saturated heterocycles. The zero-order chi connectivity index (χ0) is 13.6. The first-order chi connectivity index (χ1) is 8.53. The third-order valence-corrected chi connectivity index (χ3v) is 3.04. The van der Waals surface area contributed by atoms with Crippen molar-refractivity contribution in [3.63, 3.8) is 0 Å². The maximum Gasteiger partial charge on any atom is 0.323 e. The van der Waals surface area contributed by atoms with Crippen LogP contribution < -0.4 is 0 Å². The first kappa shape index (κ1) is 14.4. The van der Waals surface area contributed by atoms with Gasteiger partial charge in [0.25, 0.3) is 0 Å². The largest absolute Gasteiger partial charge is 0.464 e. The van der Waals surface area contributed by atoms with Crippen molar-refractivity contribution in [2.75, 3.05) is 13.2 Å². The van der Waals surface area contributed by atoms with Crippen molar-refractivity contribution < 1.29 is 23.9 Å². The Kier molecular flexibility index (Phi) is 5.07. The highest BCUT2D eigenvalue weighted by Gasteiger charge is 2.49. The molecule has 18 heavy (non-hydrogen) atoms. The van der Waals surface area contributed by atoms with Crippen LogP contribution in [-0.4, -0.2) is 30.9 Å². The maximum atomic E-state index is 12.0. The van der Waals surface area contributed by atoms with Crippen LogP contribution in [0.3, 0.4) is 0 Å². The minimum absolute atomic E-state index is 0.0495. The summed E-state index contributed by atoms with van der Waals surface area (Å²) in [6, 6.07) is 0. The first-order valence-electron chi connectivity index (χ1n) is 5.98. The number of carbonyl (C=O) groups excluding carboxylic acids is 3. The van der Waals surface area contributed by atoms with Crippen molar-refractivity contribution in [3.8, 4) is 0 Å². The van der Waals surface area contributed by atoms with E-state index in [2.05, 4.69) is 6.58 Å². The number of ether oxygens (including phenoxy) is 2. The fourth-order valence-electron chi connectivity index (χ4n) is 2.02. The molecule has 1 aliphatic carbocycles. The van der Waals surface area contributed by atoms with Crippen LogP contribution in [-0.2, 0) is 23.9 Å². The van der Waals surface area contributed by atoms with E-state index in [1.807, 2.05) is 0 Å². The van der Waals surface area contributed by atoms with E-state index in [0.29, 0.717) is 12.8 Å². The van der Waals surface area contributed by atoms with Crippen LogP contribution >= 0.6 is 0 Å². The summed E-state index contributed by atoms with van der Waals surface area (Å²) >= 11 is 0. The van der Waals surface area contributed by atoms with Gasteiger partial charge in [-0.05, 0) is 12.8 Å². The highest BCUT2D eigenvalue weighted by molar-refractivity contribution is 6.04. The molecule has 0 spiro atoms. The van der Waals surface area contributed by atoms with Gasteiger partial charge >= 0.3 is 11.9 Å². The molecule has 0 aromatic rings. The summed E-state index contributed by atoms with van der Waals surface area (Å²) < 4.78 is 9.84. The molecule has 0 N–H and O–H groups in total. The number of esters is 2. The smallest absolute Gasteiger partial charge is 0.323 e. The number of rotatable bonds is 5. The van der Waals surface area contributed by atoms with E-state index >= 15 is 0 Å². The van der Waals surface area contributed by atoms with Crippen LogP contribution in [0.5, 0.6) is 0 Å². The highest BCUT2D eigenvalue weighted by Crippen LogP contribution is 2.35. The fraction of sp³-hybridized carbons (Fsp3) is 0.615. The minimum Gasteiger partial charge on any atom is -0.464 e. The van der Waals surface area contributed by atoms with E-state index in [0.717, 1.165) is 12.8 Å². The van der Waals surface area contributed by atoms with E-state index in [4.69, 9.17) is 9.47 Å². The fourth-order valence-corrected chi connectivity index (χ4v) is 2.02. The van der Waals surface area contributed by atoms with Crippen LogP contribution in [0.25, 0.3) is 0 Å². The molecule has 0 bridgehead atoms.